The largest absolute Gasteiger partial charge is 0.389 e. The third kappa shape index (κ3) is 1.15. The van der Waals surface area contributed by atoms with Crippen LogP contribution in [0, 0.1) is 0 Å². The summed E-state index contributed by atoms with van der Waals surface area (Å²) in [6.07, 6.45) is 0.362. The molecule has 2 aliphatic rings. The van der Waals surface area contributed by atoms with Gasteiger partial charge in [-0.3, -0.25) is 0 Å². The highest BCUT2D eigenvalue weighted by molar-refractivity contribution is 5.05. The molecule has 0 saturated carbocycles. The summed E-state index contributed by atoms with van der Waals surface area (Å²) in [7, 11) is 0. The van der Waals surface area contributed by atoms with Crippen LogP contribution in [-0.2, 0) is 4.74 Å². The van der Waals surface area contributed by atoms with Crippen molar-refractivity contribution in [3.05, 3.63) is 0 Å². The SMILES string of the molecule is OC1CNC2(CCOCC2)C1O. The number of β-amino-alcohol motifs (C(OH)–C–C–N with tert-alkyl or cyclic N) is 1. The Hall–Kier alpha value is -0.160. The maximum atomic E-state index is 9.70. The number of aliphatic hydroxyl groups is 2. The summed E-state index contributed by atoms with van der Waals surface area (Å²) in [5.41, 5.74) is -0.266. The smallest absolute Gasteiger partial charge is 0.0994 e. The molecule has 0 aromatic rings. The Kier molecular flexibility index (Phi) is 2.08. The van der Waals surface area contributed by atoms with E-state index >= 15 is 0 Å². The number of nitrogens with one attached hydrogen (secondary N) is 1. The van der Waals surface area contributed by atoms with Crippen LogP contribution in [0.1, 0.15) is 12.8 Å². The van der Waals surface area contributed by atoms with E-state index < -0.39 is 12.2 Å². The predicted molar refractivity (Wildman–Crippen MR) is 42.8 cm³/mol. The fraction of sp³-hybridized carbons (Fsp3) is 1.00. The Morgan fingerprint density at radius 3 is 2.42 bits per heavy atom. The average molecular weight is 173 g/mol. The van der Waals surface area contributed by atoms with Gasteiger partial charge in [-0.1, -0.05) is 0 Å². The third-order valence-corrected chi connectivity index (χ3v) is 2.98. The maximum Gasteiger partial charge on any atom is 0.0994 e. The van der Waals surface area contributed by atoms with Crippen molar-refractivity contribution in [2.45, 2.75) is 30.6 Å². The Morgan fingerprint density at radius 1 is 1.25 bits per heavy atom. The second-order valence-electron chi connectivity index (χ2n) is 3.66. The van der Waals surface area contributed by atoms with Gasteiger partial charge in [0.25, 0.3) is 0 Å². The van der Waals surface area contributed by atoms with Gasteiger partial charge in [-0.25, -0.2) is 0 Å². The molecular weight excluding hydrogens is 158 g/mol. The maximum absolute atomic E-state index is 9.70. The lowest BCUT2D eigenvalue weighted by molar-refractivity contribution is -0.0382. The van der Waals surface area contributed by atoms with E-state index in [2.05, 4.69) is 5.32 Å². The fourth-order valence-electron chi connectivity index (χ4n) is 2.10. The summed E-state index contributed by atoms with van der Waals surface area (Å²) in [4.78, 5) is 0. The Labute approximate surface area is 71.5 Å². The van der Waals surface area contributed by atoms with Gasteiger partial charge in [-0.05, 0) is 12.8 Å². The van der Waals surface area contributed by atoms with Gasteiger partial charge < -0.3 is 20.3 Å². The molecule has 3 N–H and O–H groups in total. The van der Waals surface area contributed by atoms with E-state index in [9.17, 15) is 10.2 Å². The minimum Gasteiger partial charge on any atom is -0.389 e. The van der Waals surface area contributed by atoms with Crippen molar-refractivity contribution in [1.29, 1.82) is 0 Å². The second-order valence-corrected chi connectivity index (χ2v) is 3.66. The molecule has 4 heteroatoms. The zero-order valence-electron chi connectivity index (χ0n) is 6.99. The lowest BCUT2D eigenvalue weighted by Crippen LogP contribution is -2.52. The summed E-state index contributed by atoms with van der Waals surface area (Å²) in [5.74, 6) is 0. The molecule has 2 rings (SSSR count). The molecule has 0 aromatic carbocycles. The zero-order chi connectivity index (χ0) is 8.60. The van der Waals surface area contributed by atoms with Crippen LogP contribution in [0.3, 0.4) is 0 Å². The van der Waals surface area contributed by atoms with E-state index in [0.717, 1.165) is 12.8 Å². The lowest BCUT2D eigenvalue weighted by Gasteiger charge is -2.36. The molecule has 0 amide bonds. The van der Waals surface area contributed by atoms with Crippen molar-refractivity contribution < 1.29 is 14.9 Å². The highest BCUT2D eigenvalue weighted by Gasteiger charge is 2.47. The van der Waals surface area contributed by atoms with Gasteiger partial charge in [0.1, 0.15) is 0 Å². The van der Waals surface area contributed by atoms with Crippen LogP contribution in [0.5, 0.6) is 0 Å². The van der Waals surface area contributed by atoms with Crippen LogP contribution >= 0.6 is 0 Å². The number of aliphatic hydroxyl groups excluding tert-OH is 2. The molecule has 2 fully saturated rings. The highest BCUT2D eigenvalue weighted by atomic mass is 16.5. The average Bonchev–Trinajstić information content (AvgIpc) is 2.37. The first-order chi connectivity index (χ1) is 5.75. The van der Waals surface area contributed by atoms with Crippen LogP contribution in [0.25, 0.3) is 0 Å². The van der Waals surface area contributed by atoms with E-state index in [-0.39, 0.29) is 5.54 Å². The molecular formula is C8H15NO3. The monoisotopic (exact) mass is 173 g/mol. The molecule has 2 aliphatic heterocycles. The number of rotatable bonds is 0. The minimum absolute atomic E-state index is 0.266. The Balaban J connectivity index is 2.09. The molecule has 2 saturated heterocycles. The van der Waals surface area contributed by atoms with Crippen LogP contribution in [0.4, 0.5) is 0 Å². The second kappa shape index (κ2) is 2.96. The first-order valence-electron chi connectivity index (χ1n) is 4.43. The van der Waals surface area contributed by atoms with Crippen LogP contribution < -0.4 is 5.32 Å². The van der Waals surface area contributed by atoms with Gasteiger partial charge in [0.15, 0.2) is 0 Å². The third-order valence-electron chi connectivity index (χ3n) is 2.98. The minimum atomic E-state index is -0.624. The van der Waals surface area contributed by atoms with E-state index in [1.165, 1.54) is 0 Å². The first kappa shape index (κ1) is 8.44. The van der Waals surface area contributed by atoms with Gasteiger partial charge in [0.2, 0.25) is 0 Å². The van der Waals surface area contributed by atoms with Gasteiger partial charge in [0.05, 0.1) is 17.7 Å². The molecule has 70 valence electrons. The van der Waals surface area contributed by atoms with Crippen molar-refractivity contribution >= 4 is 0 Å². The Bertz CT molecular complexity index is 162. The summed E-state index contributed by atoms with van der Waals surface area (Å²) in [6, 6.07) is 0. The molecule has 1 spiro atoms. The summed E-state index contributed by atoms with van der Waals surface area (Å²) >= 11 is 0. The molecule has 4 nitrogen and oxygen atoms in total. The van der Waals surface area contributed by atoms with Crippen molar-refractivity contribution in [3.8, 4) is 0 Å². The topological polar surface area (TPSA) is 61.7 Å². The van der Waals surface area contributed by atoms with Gasteiger partial charge in [-0.2, -0.15) is 0 Å². The van der Waals surface area contributed by atoms with Crippen molar-refractivity contribution in [3.63, 3.8) is 0 Å². The van der Waals surface area contributed by atoms with Crippen LogP contribution in [-0.4, -0.2) is 47.7 Å². The van der Waals surface area contributed by atoms with Gasteiger partial charge in [-0.15, -0.1) is 0 Å². The van der Waals surface area contributed by atoms with Crippen molar-refractivity contribution in [2.75, 3.05) is 19.8 Å². The number of hydrogen-bond acceptors (Lipinski definition) is 4. The molecule has 2 unspecified atom stereocenters. The molecule has 2 heterocycles. The predicted octanol–water partition coefficient (Wildman–Crippen LogP) is -1.14. The normalized spacial score (nSPS) is 40.5. The van der Waals surface area contributed by atoms with Crippen LogP contribution in [0.15, 0.2) is 0 Å². The van der Waals surface area contributed by atoms with Crippen molar-refractivity contribution in [1.82, 2.24) is 5.32 Å². The van der Waals surface area contributed by atoms with Crippen molar-refractivity contribution in [2.24, 2.45) is 0 Å². The number of hydrogen-bond donors (Lipinski definition) is 3. The fourth-order valence-corrected chi connectivity index (χ4v) is 2.10. The molecule has 0 bridgehead atoms. The van der Waals surface area contributed by atoms with Crippen LogP contribution in [0.2, 0.25) is 0 Å². The van der Waals surface area contributed by atoms with E-state index in [1.54, 1.807) is 0 Å². The number of ether oxygens (including phenoxy) is 1. The summed E-state index contributed by atoms with van der Waals surface area (Å²) in [6.45, 7) is 1.86. The van der Waals surface area contributed by atoms with Gasteiger partial charge in [0, 0.05) is 19.8 Å². The molecule has 0 aromatic heterocycles. The van der Waals surface area contributed by atoms with E-state index in [4.69, 9.17) is 4.74 Å². The standard InChI is InChI=1S/C8H15NO3/c10-6-5-9-8(7(6)11)1-3-12-4-2-8/h6-7,9-11H,1-5H2. The summed E-state index contributed by atoms with van der Waals surface area (Å²) < 4.78 is 5.21. The Morgan fingerprint density at radius 2 is 1.92 bits per heavy atom. The molecule has 0 radical (unpaired) electrons. The van der Waals surface area contributed by atoms with Gasteiger partial charge >= 0.3 is 0 Å². The lowest BCUT2D eigenvalue weighted by atomic mass is 9.85. The van der Waals surface area contributed by atoms with E-state index in [1.807, 2.05) is 0 Å². The first-order valence-corrected chi connectivity index (χ1v) is 4.43. The zero-order valence-corrected chi connectivity index (χ0v) is 6.99. The quantitative estimate of drug-likeness (QED) is 0.433. The molecule has 12 heavy (non-hydrogen) atoms. The summed E-state index contributed by atoms with van der Waals surface area (Å²) in [5, 5.41) is 22.3. The highest BCUT2D eigenvalue weighted by Crippen LogP contribution is 2.30. The molecule has 0 aliphatic carbocycles. The molecule has 2 atom stereocenters. The van der Waals surface area contributed by atoms with E-state index in [0.29, 0.717) is 19.8 Å².